The van der Waals surface area contributed by atoms with E-state index >= 15 is 0 Å². The van der Waals surface area contributed by atoms with Gasteiger partial charge in [-0.1, -0.05) is 91.0 Å². The van der Waals surface area contributed by atoms with E-state index in [0.29, 0.717) is 28.3 Å². The average Bonchev–Trinajstić information content (AvgIpc) is 3.26. The maximum Gasteiger partial charge on any atom is 0.453 e. The number of fused-ring (bicyclic) bond motifs is 7. The van der Waals surface area contributed by atoms with Crippen LogP contribution in [0.25, 0.3) is 54.6 Å². The molecule has 7 heteroatoms. The van der Waals surface area contributed by atoms with E-state index in [1.54, 1.807) is 6.07 Å². The van der Waals surface area contributed by atoms with Gasteiger partial charge in [0, 0.05) is 33.3 Å². The number of aryl methyl sites for hydroxylation is 3. The molecular weight excluding hydrogens is 615 g/mol. The molecule has 0 saturated heterocycles. The molecule has 0 fully saturated rings. The van der Waals surface area contributed by atoms with Crippen LogP contribution in [0.1, 0.15) is 27.3 Å². The van der Waals surface area contributed by atoms with Gasteiger partial charge in [0.1, 0.15) is 22.6 Å². The number of carbonyl (C=O) groups is 1. The van der Waals surface area contributed by atoms with Crippen molar-refractivity contribution in [1.82, 2.24) is 4.98 Å². The van der Waals surface area contributed by atoms with Gasteiger partial charge in [-0.15, -0.1) is 0 Å². The van der Waals surface area contributed by atoms with Gasteiger partial charge in [-0.25, -0.2) is 4.98 Å². The molecular formula is C41H31N2O4P. The lowest BCUT2D eigenvalue weighted by Gasteiger charge is -2.18. The van der Waals surface area contributed by atoms with E-state index in [4.69, 9.17) is 12.9 Å². The molecule has 1 N–H and O–H groups in total. The van der Waals surface area contributed by atoms with Gasteiger partial charge in [0.25, 0.3) is 5.91 Å². The first-order chi connectivity index (χ1) is 23.4. The van der Waals surface area contributed by atoms with Gasteiger partial charge >= 0.3 is 8.24 Å². The van der Waals surface area contributed by atoms with Crippen molar-refractivity contribution < 1.29 is 17.7 Å². The molecule has 0 aliphatic rings. The van der Waals surface area contributed by atoms with Crippen molar-refractivity contribution in [1.29, 1.82) is 0 Å². The summed E-state index contributed by atoms with van der Waals surface area (Å²) in [5.74, 6) is 0.306. The van der Waals surface area contributed by atoms with Crippen LogP contribution in [0.5, 0.6) is 5.75 Å². The van der Waals surface area contributed by atoms with E-state index in [1.807, 2.05) is 106 Å². The number of hydrogen-bond donors (Lipinski definition) is 1. The van der Waals surface area contributed by atoms with Crippen molar-refractivity contribution in [3.63, 3.8) is 0 Å². The number of nitrogens with zero attached hydrogens (tertiary/aromatic N) is 1. The fourth-order valence-corrected chi connectivity index (χ4v) is 7.51. The molecule has 8 rings (SSSR count). The van der Waals surface area contributed by atoms with Crippen molar-refractivity contribution >= 4 is 63.3 Å². The number of rotatable bonds is 5. The van der Waals surface area contributed by atoms with Crippen LogP contribution in [0.3, 0.4) is 0 Å². The molecule has 0 radical (unpaired) electrons. The van der Waals surface area contributed by atoms with Crippen LogP contribution in [0.4, 0.5) is 5.69 Å². The van der Waals surface area contributed by atoms with E-state index < -0.39 is 8.24 Å². The molecule has 6 nitrogen and oxygen atoms in total. The molecule has 2 heterocycles. The summed E-state index contributed by atoms with van der Waals surface area (Å²) in [5, 5.41) is 9.44. The van der Waals surface area contributed by atoms with Gasteiger partial charge in [-0.3, -0.25) is 4.79 Å². The summed E-state index contributed by atoms with van der Waals surface area (Å²) in [6, 6.07) is 42.0. The Kier molecular flexibility index (Phi) is 7.43. The molecule has 0 bridgehead atoms. The Morgan fingerprint density at radius 3 is 1.85 bits per heavy atom. The van der Waals surface area contributed by atoms with Gasteiger partial charge in [0.05, 0.1) is 0 Å². The molecule has 0 atom stereocenters. The van der Waals surface area contributed by atoms with Gasteiger partial charge in [-0.05, 0) is 89.8 Å². The quantitative estimate of drug-likeness (QED) is 0.201. The number of amides is 1. The topological polar surface area (TPSA) is 77.5 Å². The van der Waals surface area contributed by atoms with Crippen LogP contribution >= 0.6 is 8.24 Å². The first-order valence-electron chi connectivity index (χ1n) is 15.8. The second-order valence-electron chi connectivity index (χ2n) is 11.9. The number of anilines is 1. The molecule has 0 spiro atoms. The molecule has 6 aromatic carbocycles. The van der Waals surface area contributed by atoms with Gasteiger partial charge in [-0.2, -0.15) is 0 Å². The van der Waals surface area contributed by atoms with Crippen LogP contribution < -0.4 is 9.84 Å². The number of hydrogen-bond acceptors (Lipinski definition) is 5. The summed E-state index contributed by atoms with van der Waals surface area (Å²) in [5.41, 5.74) is 6.83. The Bertz CT molecular complexity index is 2490. The summed E-state index contributed by atoms with van der Waals surface area (Å²) in [6.45, 7) is 5.93. The number of nitrogens with one attached hydrogen (secondary N) is 1. The molecule has 2 aromatic heterocycles. The highest BCUT2D eigenvalue weighted by Gasteiger charge is 2.21. The normalized spacial score (nSPS) is 11.3. The molecule has 8 aromatic rings. The number of benzene rings is 6. The number of aromatic nitrogens is 1. The molecule has 0 aliphatic carbocycles. The molecule has 0 aliphatic heterocycles. The second-order valence-corrected chi connectivity index (χ2v) is 12.9. The molecule has 234 valence electrons. The third-order valence-electron chi connectivity index (χ3n) is 8.68. The lowest BCUT2D eigenvalue weighted by molar-refractivity contribution is 0.102. The highest BCUT2D eigenvalue weighted by molar-refractivity contribution is 7.32. The van der Waals surface area contributed by atoms with Gasteiger partial charge in [0.15, 0.2) is 0 Å². The summed E-state index contributed by atoms with van der Waals surface area (Å²) >= 11 is 0. The summed E-state index contributed by atoms with van der Waals surface area (Å²) in [6.07, 6.45) is 0. The van der Waals surface area contributed by atoms with E-state index in [0.717, 1.165) is 60.3 Å². The van der Waals surface area contributed by atoms with Gasteiger partial charge in [0.2, 0.25) is 0 Å². The zero-order chi connectivity index (χ0) is 32.8. The Balaban J connectivity index is 1.32. The minimum absolute atomic E-state index is 0.283. The zero-order valence-electron chi connectivity index (χ0n) is 26.7. The first-order valence-corrected chi connectivity index (χ1v) is 16.9. The predicted octanol–water partition coefficient (Wildman–Crippen LogP) is 11.7. The summed E-state index contributed by atoms with van der Waals surface area (Å²) in [7, 11) is -1.95. The van der Waals surface area contributed by atoms with Crippen LogP contribution in [0.2, 0.25) is 0 Å². The highest BCUT2D eigenvalue weighted by atomic mass is 31.1. The zero-order valence-corrected chi connectivity index (χ0v) is 27.5. The lowest BCUT2D eigenvalue weighted by atomic mass is 9.94. The average molecular weight is 647 g/mol. The van der Waals surface area contributed by atoms with Crippen LogP contribution in [0, 0.1) is 20.8 Å². The standard InChI is InChI=1S/C41H31N2O4P/c1-25-11-8-18-32(43-41(44)33-19-10-13-27(3)42-33)37(25)38-26(2)12-9-20-34(38)45-48-46-35-23-21-28-14-4-6-16-30(28)39(35)40-31-17-7-5-15-29(31)22-24-36(40)47-48/h4-24H,1-3H3,(H,43,44). The number of pyridine rings is 1. The van der Waals surface area contributed by atoms with Crippen molar-refractivity contribution in [2.75, 3.05) is 5.32 Å². The largest absolute Gasteiger partial charge is 0.453 e. The maximum absolute atomic E-state index is 13.4. The monoisotopic (exact) mass is 646 g/mol. The molecule has 0 unspecified atom stereocenters. The second kappa shape index (κ2) is 12.1. The van der Waals surface area contributed by atoms with Crippen LogP contribution in [-0.4, -0.2) is 10.9 Å². The minimum Gasteiger partial charge on any atom is -0.390 e. The van der Waals surface area contributed by atoms with Crippen molar-refractivity contribution in [3.8, 4) is 16.9 Å². The SMILES string of the molecule is Cc1cccc(C(=O)Nc2cccc(C)c2-c2c(C)cccc2Op2oc3ccc4ccccc4c3c3c(ccc4ccccc43)o2)n1. The predicted molar refractivity (Wildman–Crippen MR) is 196 cm³/mol. The van der Waals surface area contributed by atoms with Crippen molar-refractivity contribution in [2.24, 2.45) is 0 Å². The van der Waals surface area contributed by atoms with Crippen molar-refractivity contribution in [3.05, 3.63) is 150 Å². The Labute approximate surface area is 278 Å². The minimum atomic E-state index is -1.95. The third kappa shape index (κ3) is 5.26. The highest BCUT2D eigenvalue weighted by Crippen LogP contribution is 2.46. The molecule has 0 saturated carbocycles. The van der Waals surface area contributed by atoms with E-state index in [1.165, 1.54) is 0 Å². The smallest absolute Gasteiger partial charge is 0.390 e. The van der Waals surface area contributed by atoms with Crippen LogP contribution in [-0.2, 0) is 0 Å². The van der Waals surface area contributed by atoms with Crippen LogP contribution in [0.15, 0.2) is 136 Å². The number of carbonyl (C=O) groups excluding carboxylic acids is 1. The molecule has 48 heavy (non-hydrogen) atoms. The van der Waals surface area contributed by atoms with Crippen molar-refractivity contribution in [2.45, 2.75) is 20.8 Å². The van der Waals surface area contributed by atoms with E-state index in [2.05, 4.69) is 46.7 Å². The first kappa shape index (κ1) is 29.6. The Hall–Kier alpha value is -5.84. The van der Waals surface area contributed by atoms with E-state index in [-0.39, 0.29) is 5.91 Å². The van der Waals surface area contributed by atoms with E-state index in [9.17, 15) is 4.79 Å². The summed E-state index contributed by atoms with van der Waals surface area (Å²) in [4.78, 5) is 17.8. The molecule has 1 amide bonds. The summed E-state index contributed by atoms with van der Waals surface area (Å²) < 4.78 is 20.1. The fraction of sp³-hybridized carbons (Fsp3) is 0.0732. The lowest BCUT2D eigenvalue weighted by Crippen LogP contribution is -2.15. The third-order valence-corrected chi connectivity index (χ3v) is 9.71. The maximum atomic E-state index is 13.4. The Morgan fingerprint density at radius 2 is 1.21 bits per heavy atom. The van der Waals surface area contributed by atoms with Gasteiger partial charge < -0.3 is 18.2 Å². The fourth-order valence-electron chi connectivity index (χ4n) is 6.46. The Morgan fingerprint density at radius 1 is 0.625 bits per heavy atom.